The first-order valence-corrected chi connectivity index (χ1v) is 7.43. The maximum atomic E-state index is 11.7. The molecule has 0 amide bonds. The minimum atomic E-state index is -0.873. The quantitative estimate of drug-likeness (QED) is 0.465. The van der Waals surface area contributed by atoms with Crippen molar-refractivity contribution in [2.24, 2.45) is 0 Å². The lowest BCUT2D eigenvalue weighted by Gasteiger charge is -2.31. The maximum Gasteiger partial charge on any atom is 0.320 e. The number of carboxylic acid groups (broad SMARTS) is 1. The Morgan fingerprint density at radius 2 is 1.86 bits per heavy atom. The normalized spacial score (nSPS) is 19.4. The number of carbonyl (C=O) groups excluding carboxylic acids is 1. The molecule has 1 aliphatic rings. The van der Waals surface area contributed by atoms with Gasteiger partial charge in [-0.2, -0.15) is 0 Å². The lowest BCUT2D eigenvalue weighted by molar-refractivity contribution is -0.151. The Labute approximate surface area is 125 Å². The summed E-state index contributed by atoms with van der Waals surface area (Å²) in [7, 11) is 0. The third kappa shape index (κ3) is 7.40. The van der Waals surface area contributed by atoms with Crippen LogP contribution >= 0.6 is 0 Å². The van der Waals surface area contributed by atoms with Gasteiger partial charge in [-0.15, -0.1) is 0 Å². The third-order valence-corrected chi connectivity index (χ3v) is 3.30. The Morgan fingerprint density at radius 3 is 2.57 bits per heavy atom. The van der Waals surface area contributed by atoms with Crippen molar-refractivity contribution < 1.29 is 28.9 Å². The van der Waals surface area contributed by atoms with Crippen LogP contribution in [0.5, 0.6) is 0 Å². The van der Waals surface area contributed by atoms with E-state index in [9.17, 15) is 9.59 Å². The molecular weight excluding hydrogens is 278 g/mol. The van der Waals surface area contributed by atoms with E-state index in [0.29, 0.717) is 39.4 Å². The molecular formula is C14H25NO6. The molecule has 122 valence electrons. The Hall–Kier alpha value is -1.18. The molecule has 1 heterocycles. The summed E-state index contributed by atoms with van der Waals surface area (Å²) >= 11 is 0. The molecule has 0 saturated carbocycles. The van der Waals surface area contributed by atoms with Gasteiger partial charge in [-0.1, -0.05) is 6.42 Å². The molecule has 7 heteroatoms. The summed E-state index contributed by atoms with van der Waals surface area (Å²) in [6, 6.07) is -0.575. The number of hydrogen-bond acceptors (Lipinski definition) is 6. The van der Waals surface area contributed by atoms with E-state index < -0.39 is 18.0 Å². The predicted molar refractivity (Wildman–Crippen MR) is 75.1 cm³/mol. The molecule has 1 fully saturated rings. The van der Waals surface area contributed by atoms with Crippen LogP contribution in [0.1, 0.15) is 26.2 Å². The molecule has 0 radical (unpaired) electrons. The number of esters is 1. The first kappa shape index (κ1) is 17.9. The van der Waals surface area contributed by atoms with Crippen LogP contribution in [0, 0.1) is 0 Å². The van der Waals surface area contributed by atoms with E-state index in [0.717, 1.165) is 12.8 Å². The zero-order valence-corrected chi connectivity index (χ0v) is 12.6. The van der Waals surface area contributed by atoms with E-state index in [1.165, 1.54) is 0 Å². The van der Waals surface area contributed by atoms with Crippen LogP contribution in [0.25, 0.3) is 0 Å². The summed E-state index contributed by atoms with van der Waals surface area (Å²) in [4.78, 5) is 24.5. The molecule has 21 heavy (non-hydrogen) atoms. The average molecular weight is 303 g/mol. The maximum absolute atomic E-state index is 11.7. The zero-order chi connectivity index (χ0) is 15.5. The predicted octanol–water partition coefficient (Wildman–Crippen LogP) is 0.522. The van der Waals surface area contributed by atoms with Crippen LogP contribution in [-0.2, 0) is 23.8 Å². The molecule has 1 aliphatic heterocycles. The van der Waals surface area contributed by atoms with Gasteiger partial charge in [-0.05, 0) is 26.3 Å². The first-order valence-electron chi connectivity index (χ1n) is 7.43. The van der Waals surface area contributed by atoms with Gasteiger partial charge in [-0.25, -0.2) is 0 Å². The SMILES string of the molecule is CCOCCOCCOC(=O)CN1CCCCC1C(=O)O. The van der Waals surface area contributed by atoms with Gasteiger partial charge in [0.25, 0.3) is 0 Å². The fourth-order valence-corrected chi connectivity index (χ4v) is 2.25. The first-order chi connectivity index (χ1) is 10.1. The van der Waals surface area contributed by atoms with E-state index >= 15 is 0 Å². The summed E-state index contributed by atoms with van der Waals surface area (Å²) in [6.07, 6.45) is 2.39. The Balaban J connectivity index is 2.13. The highest BCUT2D eigenvalue weighted by Gasteiger charge is 2.29. The zero-order valence-electron chi connectivity index (χ0n) is 12.6. The van der Waals surface area contributed by atoms with Gasteiger partial charge in [0.05, 0.1) is 26.4 Å². The van der Waals surface area contributed by atoms with Gasteiger partial charge in [0.2, 0.25) is 0 Å². The standard InChI is InChI=1S/C14H25NO6/c1-2-19-7-8-20-9-10-21-13(16)11-15-6-4-3-5-12(15)14(17)18/h12H,2-11H2,1H3,(H,17,18). The third-order valence-electron chi connectivity index (χ3n) is 3.30. The number of carbonyl (C=O) groups is 2. The lowest BCUT2D eigenvalue weighted by Crippen LogP contribution is -2.47. The molecule has 0 aliphatic carbocycles. The number of ether oxygens (including phenoxy) is 3. The molecule has 0 aromatic rings. The second-order valence-electron chi connectivity index (χ2n) is 4.85. The Bertz CT molecular complexity index is 323. The van der Waals surface area contributed by atoms with Crippen molar-refractivity contribution in [3.63, 3.8) is 0 Å². The molecule has 0 aromatic heterocycles. The largest absolute Gasteiger partial charge is 0.480 e. The molecule has 1 rings (SSSR count). The second-order valence-corrected chi connectivity index (χ2v) is 4.85. The van der Waals surface area contributed by atoms with Gasteiger partial charge in [0, 0.05) is 6.61 Å². The van der Waals surface area contributed by atoms with Crippen molar-refractivity contribution in [2.45, 2.75) is 32.2 Å². The molecule has 0 spiro atoms. The van der Waals surface area contributed by atoms with Crippen molar-refractivity contribution in [3.05, 3.63) is 0 Å². The van der Waals surface area contributed by atoms with E-state index in [-0.39, 0.29) is 13.2 Å². The summed E-state index contributed by atoms with van der Waals surface area (Å²) in [6.45, 7) is 4.70. The molecule has 1 unspecified atom stereocenters. The molecule has 7 nitrogen and oxygen atoms in total. The number of carboxylic acids is 1. The smallest absolute Gasteiger partial charge is 0.320 e. The van der Waals surface area contributed by atoms with E-state index in [2.05, 4.69) is 0 Å². The monoisotopic (exact) mass is 303 g/mol. The fraction of sp³-hybridized carbons (Fsp3) is 0.857. The highest BCUT2D eigenvalue weighted by atomic mass is 16.6. The lowest BCUT2D eigenvalue weighted by atomic mass is 10.0. The molecule has 1 saturated heterocycles. The second kappa shape index (κ2) is 10.5. The minimum absolute atomic E-state index is 0.0237. The average Bonchev–Trinajstić information content (AvgIpc) is 2.46. The number of nitrogens with zero attached hydrogens (tertiary/aromatic N) is 1. The summed E-state index contributed by atoms with van der Waals surface area (Å²) in [5.74, 6) is -1.28. The molecule has 0 bridgehead atoms. The van der Waals surface area contributed by atoms with Gasteiger partial charge in [-0.3, -0.25) is 14.5 Å². The van der Waals surface area contributed by atoms with Gasteiger partial charge in [0.15, 0.2) is 0 Å². The highest BCUT2D eigenvalue weighted by Crippen LogP contribution is 2.16. The van der Waals surface area contributed by atoms with Crippen molar-refractivity contribution in [3.8, 4) is 0 Å². The van der Waals surface area contributed by atoms with E-state index in [1.54, 1.807) is 4.90 Å². The van der Waals surface area contributed by atoms with Crippen molar-refractivity contribution >= 4 is 11.9 Å². The summed E-state index contributed by atoms with van der Waals surface area (Å²) < 4.78 is 15.4. The van der Waals surface area contributed by atoms with Crippen LogP contribution in [0.15, 0.2) is 0 Å². The Kier molecular flexibility index (Phi) is 8.96. The number of likely N-dealkylation sites (tertiary alicyclic amines) is 1. The molecule has 1 atom stereocenters. The topological polar surface area (TPSA) is 85.3 Å². The van der Waals surface area contributed by atoms with Crippen LogP contribution in [0.2, 0.25) is 0 Å². The van der Waals surface area contributed by atoms with Crippen LogP contribution in [0.4, 0.5) is 0 Å². The summed E-state index contributed by atoms with van der Waals surface area (Å²) in [5.41, 5.74) is 0. The number of rotatable bonds is 10. The van der Waals surface area contributed by atoms with Gasteiger partial charge in [0.1, 0.15) is 12.6 Å². The van der Waals surface area contributed by atoms with Crippen LogP contribution < -0.4 is 0 Å². The van der Waals surface area contributed by atoms with Crippen LogP contribution in [0.3, 0.4) is 0 Å². The fourth-order valence-electron chi connectivity index (χ4n) is 2.25. The van der Waals surface area contributed by atoms with Gasteiger partial charge < -0.3 is 19.3 Å². The number of piperidine rings is 1. The van der Waals surface area contributed by atoms with Crippen molar-refractivity contribution in [2.75, 3.05) is 46.1 Å². The number of hydrogen-bond donors (Lipinski definition) is 1. The molecule has 0 aromatic carbocycles. The van der Waals surface area contributed by atoms with Crippen molar-refractivity contribution in [1.82, 2.24) is 4.90 Å². The minimum Gasteiger partial charge on any atom is -0.480 e. The Morgan fingerprint density at radius 1 is 1.14 bits per heavy atom. The van der Waals surface area contributed by atoms with Crippen LogP contribution in [-0.4, -0.2) is 74.1 Å². The number of aliphatic carboxylic acids is 1. The highest BCUT2D eigenvalue weighted by molar-refractivity contribution is 5.76. The van der Waals surface area contributed by atoms with Gasteiger partial charge >= 0.3 is 11.9 Å². The molecule has 1 N–H and O–H groups in total. The summed E-state index contributed by atoms with van der Waals surface area (Å²) in [5, 5.41) is 9.11. The van der Waals surface area contributed by atoms with E-state index in [1.807, 2.05) is 6.92 Å². The van der Waals surface area contributed by atoms with E-state index in [4.69, 9.17) is 19.3 Å². The van der Waals surface area contributed by atoms with Crippen molar-refractivity contribution in [1.29, 1.82) is 0 Å².